The summed E-state index contributed by atoms with van der Waals surface area (Å²) in [6.45, 7) is -0.471. The van der Waals surface area contributed by atoms with E-state index in [4.69, 9.17) is 21.0 Å². The minimum atomic E-state index is -1.33. The van der Waals surface area contributed by atoms with Gasteiger partial charge in [0.1, 0.15) is 29.8 Å². The second kappa shape index (κ2) is 5.18. The fraction of sp³-hybridized carbons (Fsp3) is 0.417. The Morgan fingerprint density at radius 2 is 2.23 bits per heavy atom. The highest BCUT2D eigenvalue weighted by Crippen LogP contribution is 2.32. The molecular formula is C12H15N5O5. The van der Waals surface area contributed by atoms with Crippen molar-refractivity contribution in [3.8, 4) is 0 Å². The van der Waals surface area contributed by atoms with Gasteiger partial charge >= 0.3 is 0 Å². The first kappa shape index (κ1) is 14.7. The predicted molar refractivity (Wildman–Crippen MR) is 74.4 cm³/mol. The quantitative estimate of drug-likeness (QED) is 0.271. The lowest BCUT2D eigenvalue weighted by Gasteiger charge is -2.17. The Morgan fingerprint density at radius 3 is 2.82 bits per heavy atom. The maximum atomic E-state index is 11.9. The highest BCUT2D eigenvalue weighted by molar-refractivity contribution is 6.06. The Kier molecular flexibility index (Phi) is 3.45. The van der Waals surface area contributed by atoms with Gasteiger partial charge in [-0.25, -0.2) is 4.98 Å². The molecule has 10 heteroatoms. The summed E-state index contributed by atoms with van der Waals surface area (Å²) in [7, 11) is 0. The van der Waals surface area contributed by atoms with Gasteiger partial charge in [0.05, 0.1) is 18.3 Å². The number of hydrogen-bond acceptors (Lipinski definition) is 7. The first-order chi connectivity index (χ1) is 10.5. The second-order valence-electron chi connectivity index (χ2n) is 5.02. The van der Waals surface area contributed by atoms with Gasteiger partial charge in [0.25, 0.3) is 5.56 Å². The van der Waals surface area contributed by atoms with Crippen LogP contribution in [0.4, 0.5) is 0 Å². The molecule has 118 valence electrons. The van der Waals surface area contributed by atoms with Gasteiger partial charge < -0.3 is 35.3 Å². The lowest BCUT2D eigenvalue weighted by atomic mass is 10.1. The van der Waals surface area contributed by atoms with Crippen molar-refractivity contribution < 1.29 is 20.1 Å². The number of H-pyrrole nitrogens is 1. The maximum absolute atomic E-state index is 11.9. The molecule has 0 saturated carbocycles. The number of fused-ring (bicyclic) bond motifs is 1. The number of nitrogens with two attached hydrogens (primary N) is 1. The predicted octanol–water partition coefficient (Wildman–Crippen LogP) is -2.38. The number of nitrogens with zero attached hydrogens (tertiary/aromatic N) is 2. The van der Waals surface area contributed by atoms with Crippen LogP contribution in [0.1, 0.15) is 11.8 Å². The van der Waals surface area contributed by atoms with Crippen molar-refractivity contribution in [2.75, 3.05) is 6.61 Å². The molecule has 0 aromatic carbocycles. The van der Waals surface area contributed by atoms with E-state index in [0.717, 1.165) is 0 Å². The Labute approximate surface area is 123 Å². The zero-order chi connectivity index (χ0) is 16.0. The summed E-state index contributed by atoms with van der Waals surface area (Å²) in [6, 6.07) is 0. The Balaban J connectivity index is 2.18. The van der Waals surface area contributed by atoms with E-state index in [2.05, 4.69) is 9.97 Å². The molecule has 0 radical (unpaired) electrons. The van der Waals surface area contributed by atoms with Crippen LogP contribution in [0.3, 0.4) is 0 Å². The summed E-state index contributed by atoms with van der Waals surface area (Å²) in [5.41, 5.74) is 5.28. The lowest BCUT2D eigenvalue weighted by molar-refractivity contribution is -0.0508. The summed E-state index contributed by atoms with van der Waals surface area (Å²) < 4.78 is 6.74. The number of aliphatic hydroxyl groups is 3. The highest BCUT2D eigenvalue weighted by Gasteiger charge is 2.44. The van der Waals surface area contributed by atoms with Gasteiger partial charge in [0.15, 0.2) is 6.23 Å². The SMILES string of the molecule is N=C(N)c1cn([C@@H]2O[C@H](CO)[C@H](O)C2O)c2nc[nH]c(=O)c12. The Morgan fingerprint density at radius 1 is 1.50 bits per heavy atom. The molecule has 10 nitrogen and oxygen atoms in total. The van der Waals surface area contributed by atoms with Crippen LogP contribution in [-0.2, 0) is 4.74 Å². The van der Waals surface area contributed by atoms with E-state index in [-0.39, 0.29) is 22.4 Å². The third kappa shape index (κ3) is 2.01. The van der Waals surface area contributed by atoms with Crippen LogP contribution in [0.2, 0.25) is 0 Å². The zero-order valence-electron chi connectivity index (χ0n) is 11.3. The molecule has 1 fully saturated rings. The van der Waals surface area contributed by atoms with E-state index < -0.39 is 36.7 Å². The summed E-state index contributed by atoms with van der Waals surface area (Å²) >= 11 is 0. The van der Waals surface area contributed by atoms with Crippen molar-refractivity contribution in [2.45, 2.75) is 24.5 Å². The van der Waals surface area contributed by atoms with Gasteiger partial charge in [0.2, 0.25) is 0 Å². The summed E-state index contributed by atoms with van der Waals surface area (Å²) in [4.78, 5) is 18.4. The second-order valence-corrected chi connectivity index (χ2v) is 5.02. The molecule has 3 heterocycles. The van der Waals surface area contributed by atoms with E-state index in [1.54, 1.807) is 0 Å². The molecule has 1 aliphatic heterocycles. The van der Waals surface area contributed by atoms with Crippen LogP contribution in [-0.4, -0.2) is 60.6 Å². The molecule has 2 aromatic heterocycles. The van der Waals surface area contributed by atoms with E-state index in [1.807, 2.05) is 0 Å². The van der Waals surface area contributed by atoms with Crippen molar-refractivity contribution in [3.05, 3.63) is 28.4 Å². The van der Waals surface area contributed by atoms with Crippen LogP contribution in [0.5, 0.6) is 0 Å². The van der Waals surface area contributed by atoms with Crippen LogP contribution in [0.25, 0.3) is 11.0 Å². The number of aliphatic hydroxyl groups excluding tert-OH is 3. The van der Waals surface area contributed by atoms with Crippen LogP contribution >= 0.6 is 0 Å². The molecule has 1 saturated heterocycles. The summed E-state index contributed by atoms with van der Waals surface area (Å²) in [5.74, 6) is -0.339. The molecule has 0 amide bonds. The average Bonchev–Trinajstić information content (AvgIpc) is 3.00. The molecule has 7 N–H and O–H groups in total. The van der Waals surface area contributed by atoms with E-state index in [0.29, 0.717) is 0 Å². The molecule has 22 heavy (non-hydrogen) atoms. The molecular weight excluding hydrogens is 294 g/mol. The van der Waals surface area contributed by atoms with Gasteiger partial charge in [-0.1, -0.05) is 0 Å². The van der Waals surface area contributed by atoms with Crippen molar-refractivity contribution in [1.29, 1.82) is 5.41 Å². The molecule has 4 atom stereocenters. The highest BCUT2D eigenvalue weighted by atomic mass is 16.6. The lowest BCUT2D eigenvalue weighted by Crippen LogP contribution is -2.33. The minimum absolute atomic E-state index is 0.0905. The van der Waals surface area contributed by atoms with Gasteiger partial charge in [-0.3, -0.25) is 10.2 Å². The number of nitrogens with one attached hydrogen (secondary N) is 2. The topological polar surface area (TPSA) is 170 Å². The number of aromatic amines is 1. The minimum Gasteiger partial charge on any atom is -0.394 e. The third-order valence-electron chi connectivity index (χ3n) is 3.70. The molecule has 2 aromatic rings. The van der Waals surface area contributed by atoms with Gasteiger partial charge in [-0.2, -0.15) is 0 Å². The van der Waals surface area contributed by atoms with E-state index in [1.165, 1.54) is 17.1 Å². The molecule has 3 rings (SSSR count). The van der Waals surface area contributed by atoms with Crippen molar-refractivity contribution in [1.82, 2.24) is 14.5 Å². The number of nitrogen functional groups attached to an aromatic ring is 1. The number of rotatable bonds is 3. The van der Waals surface area contributed by atoms with Crippen LogP contribution < -0.4 is 11.3 Å². The Bertz CT molecular complexity index is 784. The smallest absolute Gasteiger partial charge is 0.260 e. The standard InChI is InChI=1S/C12H15N5O5/c13-9(14)4-1-17(10-6(4)11(21)16-3-15-10)12-8(20)7(19)5(2-18)22-12/h1,3,5,7-8,12,18-20H,2H2,(H3,13,14)(H,15,16,21)/t5-,7+,8?,12-/m1/s1. The first-order valence-corrected chi connectivity index (χ1v) is 6.50. The maximum Gasteiger partial charge on any atom is 0.260 e. The molecule has 0 bridgehead atoms. The fourth-order valence-electron chi connectivity index (χ4n) is 2.60. The van der Waals surface area contributed by atoms with Gasteiger partial charge in [0, 0.05) is 11.8 Å². The fourth-order valence-corrected chi connectivity index (χ4v) is 2.60. The third-order valence-corrected chi connectivity index (χ3v) is 3.70. The van der Waals surface area contributed by atoms with Crippen LogP contribution in [0.15, 0.2) is 17.3 Å². The number of ether oxygens (including phenoxy) is 1. The zero-order valence-corrected chi connectivity index (χ0v) is 11.3. The normalized spacial score (nSPS) is 28.3. The van der Waals surface area contributed by atoms with Crippen molar-refractivity contribution in [3.63, 3.8) is 0 Å². The van der Waals surface area contributed by atoms with Gasteiger partial charge in [-0.05, 0) is 0 Å². The number of hydrogen-bond donors (Lipinski definition) is 6. The number of aromatic nitrogens is 3. The molecule has 1 aliphatic rings. The molecule has 0 spiro atoms. The van der Waals surface area contributed by atoms with Crippen molar-refractivity contribution in [2.24, 2.45) is 5.73 Å². The molecule has 0 aliphatic carbocycles. The van der Waals surface area contributed by atoms with Crippen molar-refractivity contribution >= 4 is 16.9 Å². The average molecular weight is 309 g/mol. The number of amidine groups is 1. The van der Waals surface area contributed by atoms with E-state index in [9.17, 15) is 15.0 Å². The molecule has 1 unspecified atom stereocenters. The summed E-state index contributed by atoms with van der Waals surface area (Å²) in [6.07, 6.45) is -2.09. The summed E-state index contributed by atoms with van der Waals surface area (Å²) in [5, 5.41) is 36.7. The largest absolute Gasteiger partial charge is 0.394 e. The van der Waals surface area contributed by atoms with Crippen LogP contribution in [0, 0.1) is 5.41 Å². The Hall–Kier alpha value is -2.27. The monoisotopic (exact) mass is 309 g/mol. The van der Waals surface area contributed by atoms with Gasteiger partial charge in [-0.15, -0.1) is 0 Å². The van der Waals surface area contributed by atoms with E-state index >= 15 is 0 Å². The first-order valence-electron chi connectivity index (χ1n) is 6.50.